The predicted molar refractivity (Wildman–Crippen MR) is 78.0 cm³/mol. The van der Waals surface area contributed by atoms with Gasteiger partial charge < -0.3 is 9.88 Å². The lowest BCUT2D eigenvalue weighted by atomic mass is 10.2. The first-order chi connectivity index (χ1) is 9.78. The van der Waals surface area contributed by atoms with Crippen LogP contribution in [0.1, 0.15) is 11.1 Å². The van der Waals surface area contributed by atoms with Crippen LogP contribution in [0.5, 0.6) is 0 Å². The summed E-state index contributed by atoms with van der Waals surface area (Å²) in [5.41, 5.74) is 3.07. The average molecular weight is 269 g/mol. The second kappa shape index (κ2) is 5.43. The summed E-state index contributed by atoms with van der Waals surface area (Å²) in [6.07, 6.45) is 3.87. The third-order valence-electron chi connectivity index (χ3n) is 3.33. The molecule has 0 radical (unpaired) electrons. The molecular formula is C16H16FN3. The number of rotatable bonds is 4. The number of pyridine rings is 1. The normalized spacial score (nSPS) is 11.1. The van der Waals surface area contributed by atoms with Crippen molar-refractivity contribution in [1.82, 2.24) is 14.9 Å². The summed E-state index contributed by atoms with van der Waals surface area (Å²) in [6, 6.07) is 10.7. The molecule has 0 fully saturated rings. The number of nitrogens with one attached hydrogen (secondary N) is 1. The molecule has 0 spiro atoms. The lowest BCUT2D eigenvalue weighted by Crippen LogP contribution is -2.04. The molecular weight excluding hydrogens is 253 g/mol. The fourth-order valence-electron chi connectivity index (χ4n) is 2.48. The maximum Gasteiger partial charge on any atom is 0.140 e. The lowest BCUT2D eigenvalue weighted by molar-refractivity contribution is 0.624. The van der Waals surface area contributed by atoms with Crippen molar-refractivity contribution in [2.45, 2.75) is 13.1 Å². The van der Waals surface area contributed by atoms with Crippen LogP contribution in [-0.4, -0.2) is 16.6 Å². The Bertz CT molecular complexity index is 733. The second-order valence-electron chi connectivity index (χ2n) is 4.82. The van der Waals surface area contributed by atoms with Gasteiger partial charge in [0, 0.05) is 30.9 Å². The number of fused-ring (bicyclic) bond motifs is 1. The number of benzene rings is 1. The standard InChI is InChI=1S/C16H16FN3/c1-18-9-13-11-20(16-15(13)6-3-7-19-16)10-12-4-2-5-14(17)8-12/h2-8,11,18H,9-10H2,1H3. The van der Waals surface area contributed by atoms with Crippen LogP contribution in [0.4, 0.5) is 4.39 Å². The van der Waals surface area contributed by atoms with Crippen LogP contribution in [0.2, 0.25) is 0 Å². The van der Waals surface area contributed by atoms with Crippen molar-refractivity contribution in [1.29, 1.82) is 0 Å². The van der Waals surface area contributed by atoms with Crippen LogP contribution in [-0.2, 0) is 13.1 Å². The summed E-state index contributed by atoms with van der Waals surface area (Å²) in [4.78, 5) is 4.44. The molecule has 0 aliphatic rings. The van der Waals surface area contributed by atoms with Crippen molar-refractivity contribution in [3.63, 3.8) is 0 Å². The summed E-state index contributed by atoms with van der Waals surface area (Å²) in [6.45, 7) is 1.41. The molecule has 102 valence electrons. The maximum absolute atomic E-state index is 13.3. The zero-order valence-electron chi connectivity index (χ0n) is 11.3. The lowest BCUT2D eigenvalue weighted by Gasteiger charge is -2.04. The quantitative estimate of drug-likeness (QED) is 0.789. The highest BCUT2D eigenvalue weighted by Gasteiger charge is 2.09. The zero-order valence-corrected chi connectivity index (χ0v) is 11.3. The fourth-order valence-corrected chi connectivity index (χ4v) is 2.48. The van der Waals surface area contributed by atoms with Gasteiger partial charge in [-0.25, -0.2) is 9.37 Å². The Morgan fingerprint density at radius 2 is 2.15 bits per heavy atom. The molecule has 0 atom stereocenters. The third-order valence-corrected chi connectivity index (χ3v) is 3.33. The van der Waals surface area contributed by atoms with Crippen LogP contribution < -0.4 is 5.32 Å². The van der Waals surface area contributed by atoms with E-state index in [0.717, 1.165) is 23.1 Å². The van der Waals surface area contributed by atoms with Gasteiger partial charge in [-0.2, -0.15) is 0 Å². The smallest absolute Gasteiger partial charge is 0.140 e. The van der Waals surface area contributed by atoms with Gasteiger partial charge in [0.25, 0.3) is 0 Å². The van der Waals surface area contributed by atoms with Gasteiger partial charge in [0.05, 0.1) is 0 Å². The van der Waals surface area contributed by atoms with E-state index >= 15 is 0 Å². The molecule has 3 nitrogen and oxygen atoms in total. The van der Waals surface area contributed by atoms with Crippen LogP contribution >= 0.6 is 0 Å². The monoisotopic (exact) mass is 269 g/mol. The largest absolute Gasteiger partial charge is 0.328 e. The summed E-state index contributed by atoms with van der Waals surface area (Å²) in [5.74, 6) is -0.206. The summed E-state index contributed by atoms with van der Waals surface area (Å²) >= 11 is 0. The van der Waals surface area contributed by atoms with Crippen molar-refractivity contribution in [3.8, 4) is 0 Å². The van der Waals surface area contributed by atoms with E-state index in [9.17, 15) is 4.39 Å². The Morgan fingerprint density at radius 3 is 2.95 bits per heavy atom. The van der Waals surface area contributed by atoms with E-state index in [1.54, 1.807) is 18.3 Å². The van der Waals surface area contributed by atoms with E-state index in [1.165, 1.54) is 11.6 Å². The molecule has 2 heterocycles. The highest BCUT2D eigenvalue weighted by molar-refractivity contribution is 5.80. The molecule has 0 saturated heterocycles. The number of hydrogen-bond donors (Lipinski definition) is 1. The minimum atomic E-state index is -0.206. The van der Waals surface area contributed by atoms with Crippen LogP contribution in [0, 0.1) is 5.82 Å². The van der Waals surface area contributed by atoms with E-state index in [0.29, 0.717) is 6.54 Å². The Balaban J connectivity index is 2.03. The molecule has 3 rings (SSSR count). The molecule has 0 unspecified atom stereocenters. The van der Waals surface area contributed by atoms with Gasteiger partial charge in [0.15, 0.2) is 0 Å². The molecule has 1 aromatic carbocycles. The van der Waals surface area contributed by atoms with Crippen molar-refractivity contribution in [2.75, 3.05) is 7.05 Å². The van der Waals surface area contributed by atoms with Gasteiger partial charge in [-0.1, -0.05) is 12.1 Å². The number of aromatic nitrogens is 2. The molecule has 3 aromatic rings. The molecule has 2 aromatic heterocycles. The van der Waals surface area contributed by atoms with E-state index in [1.807, 2.05) is 19.2 Å². The minimum Gasteiger partial charge on any atom is -0.328 e. The average Bonchev–Trinajstić information content (AvgIpc) is 2.78. The van der Waals surface area contributed by atoms with E-state index < -0.39 is 0 Å². The fraction of sp³-hybridized carbons (Fsp3) is 0.188. The summed E-state index contributed by atoms with van der Waals surface area (Å²) in [5, 5.41) is 4.30. The van der Waals surface area contributed by atoms with Gasteiger partial charge in [-0.05, 0) is 42.4 Å². The second-order valence-corrected chi connectivity index (χ2v) is 4.82. The molecule has 0 aliphatic carbocycles. The molecule has 1 N–H and O–H groups in total. The van der Waals surface area contributed by atoms with Crippen molar-refractivity contribution in [2.24, 2.45) is 0 Å². The Labute approximate surface area is 117 Å². The van der Waals surface area contributed by atoms with Crippen LogP contribution in [0.15, 0.2) is 48.8 Å². The van der Waals surface area contributed by atoms with Crippen molar-refractivity contribution < 1.29 is 4.39 Å². The van der Waals surface area contributed by atoms with Gasteiger partial charge >= 0.3 is 0 Å². The maximum atomic E-state index is 13.3. The molecule has 4 heteroatoms. The highest BCUT2D eigenvalue weighted by Crippen LogP contribution is 2.20. The molecule has 20 heavy (non-hydrogen) atoms. The van der Waals surface area contributed by atoms with Crippen LogP contribution in [0.25, 0.3) is 11.0 Å². The van der Waals surface area contributed by atoms with Crippen molar-refractivity contribution >= 4 is 11.0 Å². The molecule has 0 amide bonds. The van der Waals surface area contributed by atoms with Gasteiger partial charge in [-0.15, -0.1) is 0 Å². The molecule has 0 saturated carbocycles. The zero-order chi connectivity index (χ0) is 13.9. The summed E-state index contributed by atoms with van der Waals surface area (Å²) < 4.78 is 15.3. The molecule has 0 aliphatic heterocycles. The predicted octanol–water partition coefficient (Wildman–Crippen LogP) is 2.94. The van der Waals surface area contributed by atoms with Crippen molar-refractivity contribution in [3.05, 3.63) is 65.7 Å². The number of hydrogen-bond acceptors (Lipinski definition) is 2. The van der Waals surface area contributed by atoms with Gasteiger partial charge in [0.1, 0.15) is 11.5 Å². The first-order valence-electron chi connectivity index (χ1n) is 6.59. The van der Waals surface area contributed by atoms with Gasteiger partial charge in [0.2, 0.25) is 0 Å². The topological polar surface area (TPSA) is 29.9 Å². The minimum absolute atomic E-state index is 0.206. The first kappa shape index (κ1) is 12.8. The highest BCUT2D eigenvalue weighted by atomic mass is 19.1. The summed E-state index contributed by atoms with van der Waals surface area (Å²) in [7, 11) is 1.92. The Morgan fingerprint density at radius 1 is 1.25 bits per heavy atom. The Kier molecular flexibility index (Phi) is 3.48. The number of halogens is 1. The third kappa shape index (κ3) is 2.42. The van der Waals surface area contributed by atoms with Crippen LogP contribution in [0.3, 0.4) is 0 Å². The number of nitrogens with zero attached hydrogens (tertiary/aromatic N) is 2. The van der Waals surface area contributed by atoms with E-state index in [2.05, 4.69) is 27.1 Å². The first-order valence-corrected chi connectivity index (χ1v) is 6.59. The van der Waals surface area contributed by atoms with E-state index in [-0.39, 0.29) is 5.82 Å². The van der Waals surface area contributed by atoms with Gasteiger partial charge in [-0.3, -0.25) is 0 Å². The van der Waals surface area contributed by atoms with E-state index in [4.69, 9.17) is 0 Å². The Hall–Kier alpha value is -2.20. The molecule has 0 bridgehead atoms. The SMILES string of the molecule is CNCc1cn(Cc2cccc(F)c2)c2ncccc12.